The molecule has 0 bridgehead atoms. The molecule has 0 amide bonds. The summed E-state index contributed by atoms with van der Waals surface area (Å²) < 4.78 is 25.9. The molecule has 2 aromatic heterocycles. The Morgan fingerprint density at radius 1 is 1.03 bits per heavy atom. The number of carbonyl (C=O) groups is 1. The van der Waals surface area contributed by atoms with E-state index in [9.17, 15) is 19.4 Å². The van der Waals surface area contributed by atoms with E-state index in [1.54, 1.807) is 0 Å². The van der Waals surface area contributed by atoms with Gasteiger partial charge in [0.1, 0.15) is 24.9 Å². The van der Waals surface area contributed by atoms with Crippen LogP contribution in [0, 0.1) is 6.08 Å². The number of aliphatic hydroxyl groups excluding tert-OH is 2. The summed E-state index contributed by atoms with van der Waals surface area (Å²) in [5.41, 5.74) is 5.85. The molecule has 0 saturated carbocycles. The molecule has 218 valence electrons. The van der Waals surface area contributed by atoms with Crippen LogP contribution in [0.15, 0.2) is 18.5 Å². The minimum atomic E-state index is -1.37. The lowest BCUT2D eigenvalue weighted by Gasteiger charge is -2.16. The molecule has 1 fully saturated rings. The highest BCUT2D eigenvalue weighted by molar-refractivity contribution is 5.81. The number of hydrogen-bond acceptors (Lipinski definition) is 9. The van der Waals surface area contributed by atoms with Gasteiger partial charge in [0.15, 0.2) is 23.2 Å². The number of rotatable bonds is 18. The number of esters is 1. The zero-order valence-electron chi connectivity index (χ0n) is 23.0. The fourth-order valence-corrected chi connectivity index (χ4v) is 4.78. The van der Waals surface area contributed by atoms with Crippen LogP contribution >= 0.6 is 0 Å². The third-order valence-corrected chi connectivity index (χ3v) is 7.08. The number of unbranched alkanes of at least 4 members (excludes halogenated alkanes) is 11. The minimum Gasteiger partial charge on any atom is -0.463 e. The van der Waals surface area contributed by atoms with Gasteiger partial charge in [0.2, 0.25) is 0 Å². The van der Waals surface area contributed by atoms with Crippen LogP contribution in [0.2, 0.25) is 0 Å². The summed E-state index contributed by atoms with van der Waals surface area (Å²) in [5.74, 6) is -0.526. The molecule has 0 aromatic carbocycles. The molecule has 4 N–H and O–H groups in total. The van der Waals surface area contributed by atoms with E-state index in [-0.39, 0.29) is 36.0 Å². The summed E-state index contributed by atoms with van der Waals surface area (Å²) >= 11 is 0. The second kappa shape index (κ2) is 16.5. The molecule has 1 aliphatic rings. The van der Waals surface area contributed by atoms with Gasteiger partial charge >= 0.3 is 12.0 Å². The number of halogens is 1. The molecule has 0 radical (unpaired) electrons. The van der Waals surface area contributed by atoms with Gasteiger partial charge in [-0.2, -0.15) is 14.4 Å². The predicted octanol–water partition coefficient (Wildman–Crippen LogP) is 4.75. The summed E-state index contributed by atoms with van der Waals surface area (Å²) in [4.78, 5) is 23.3. The topological polar surface area (TPSA) is 146 Å². The van der Waals surface area contributed by atoms with Crippen LogP contribution in [0.1, 0.15) is 103 Å². The van der Waals surface area contributed by atoms with Gasteiger partial charge in [-0.3, -0.25) is 9.36 Å². The van der Waals surface area contributed by atoms with Crippen LogP contribution in [0.5, 0.6) is 0 Å². The lowest BCUT2D eigenvalue weighted by atomic mass is 10.1. The number of allylic oxidation sites excluding steroid dienone is 2. The van der Waals surface area contributed by atoms with Crippen molar-refractivity contribution < 1.29 is 28.9 Å². The van der Waals surface area contributed by atoms with Crippen molar-refractivity contribution in [2.45, 2.75) is 121 Å². The van der Waals surface area contributed by atoms with Gasteiger partial charge in [-0.1, -0.05) is 70.4 Å². The molecule has 0 aliphatic carbocycles. The van der Waals surface area contributed by atoms with Gasteiger partial charge in [0.05, 0.1) is 6.33 Å². The zero-order valence-corrected chi connectivity index (χ0v) is 23.0. The molecule has 11 heteroatoms. The highest BCUT2D eigenvalue weighted by atomic mass is 19.1. The van der Waals surface area contributed by atoms with Crippen LogP contribution in [-0.4, -0.2) is 60.6 Å². The number of nitrogen functional groups attached to an aromatic ring is 1. The van der Waals surface area contributed by atoms with E-state index < -0.39 is 30.6 Å². The van der Waals surface area contributed by atoms with Crippen LogP contribution in [0.3, 0.4) is 0 Å². The Bertz CT molecular complexity index is 1050. The van der Waals surface area contributed by atoms with Crippen molar-refractivity contribution in [1.29, 1.82) is 0 Å². The molecule has 0 unspecified atom stereocenters. The largest absolute Gasteiger partial charge is 0.463 e. The lowest BCUT2D eigenvalue weighted by molar-refractivity contribution is -0.150. The van der Waals surface area contributed by atoms with Gasteiger partial charge in [0.25, 0.3) is 0 Å². The van der Waals surface area contributed by atoms with Crippen molar-refractivity contribution in [3.05, 3.63) is 24.6 Å². The molecular weight excluding hydrogens is 505 g/mol. The average molecular weight is 550 g/mol. The van der Waals surface area contributed by atoms with E-state index in [1.807, 2.05) is 0 Å². The SMILES string of the molecule is CCCCCCCC/C=C/CCCCCCCC(=O)OC[C@@H]1O[C@H](n2cnc3c(N)nc(F)nc32)[C@H](O)[C@H]1O. The number of ether oxygens (including phenoxy) is 2. The van der Waals surface area contributed by atoms with Crippen LogP contribution in [-0.2, 0) is 14.3 Å². The normalized spacial score (nSPS) is 21.3. The van der Waals surface area contributed by atoms with Gasteiger partial charge in [0, 0.05) is 6.42 Å². The maximum atomic E-state index is 13.6. The summed E-state index contributed by atoms with van der Waals surface area (Å²) in [5, 5.41) is 20.9. The quantitative estimate of drug-likeness (QED) is 0.104. The number of aliphatic hydroxyl groups is 2. The Balaban J connectivity index is 1.26. The van der Waals surface area contributed by atoms with Gasteiger partial charge in [-0.25, -0.2) is 4.98 Å². The standard InChI is InChI=1S/C28H44FN5O5/c1-2-3-4-5-6-7-8-9-10-11-12-13-14-15-16-17-21(35)38-18-20-23(36)24(37)27(39-20)34-19-31-22-25(30)32-28(29)33-26(22)34/h9-10,19-20,23-24,27,36-37H,2-8,11-18H2,1H3,(H2,30,32,33)/b10-9+/t20-,23-,24+,27-/m0/s1. The highest BCUT2D eigenvalue weighted by Crippen LogP contribution is 2.32. The van der Waals surface area contributed by atoms with E-state index in [2.05, 4.69) is 34.0 Å². The molecule has 2 aromatic rings. The monoisotopic (exact) mass is 549 g/mol. The van der Waals surface area contributed by atoms with E-state index in [0.29, 0.717) is 0 Å². The third-order valence-electron chi connectivity index (χ3n) is 7.08. The summed E-state index contributed by atoms with van der Waals surface area (Å²) in [6, 6.07) is 0. The highest BCUT2D eigenvalue weighted by Gasteiger charge is 2.45. The Morgan fingerprint density at radius 2 is 1.67 bits per heavy atom. The first-order valence-electron chi connectivity index (χ1n) is 14.4. The molecular formula is C28H44FN5O5. The summed E-state index contributed by atoms with van der Waals surface area (Å²) in [6.45, 7) is 2.03. The average Bonchev–Trinajstić information content (AvgIpc) is 3.45. The van der Waals surface area contributed by atoms with Crippen molar-refractivity contribution in [3.63, 3.8) is 0 Å². The first-order chi connectivity index (χ1) is 18.9. The summed E-state index contributed by atoms with van der Waals surface area (Å²) in [6.07, 6.45) is 15.7. The zero-order chi connectivity index (χ0) is 28.0. The van der Waals surface area contributed by atoms with Crippen LogP contribution in [0.4, 0.5) is 10.2 Å². The fraction of sp³-hybridized carbons (Fsp3) is 0.714. The Kier molecular flexibility index (Phi) is 13.1. The Labute approximate surface area is 229 Å². The number of nitrogens with zero attached hydrogens (tertiary/aromatic N) is 4. The number of nitrogens with two attached hydrogens (primary N) is 1. The molecule has 3 rings (SSSR count). The smallest absolute Gasteiger partial charge is 0.312 e. The van der Waals surface area contributed by atoms with Gasteiger partial charge < -0.3 is 25.4 Å². The van der Waals surface area contributed by atoms with Crippen molar-refractivity contribution in [3.8, 4) is 0 Å². The number of carbonyl (C=O) groups excluding carboxylic acids is 1. The second-order valence-corrected chi connectivity index (χ2v) is 10.3. The third kappa shape index (κ3) is 9.51. The molecule has 1 aliphatic heterocycles. The number of imidazole rings is 1. The van der Waals surface area contributed by atoms with E-state index >= 15 is 0 Å². The molecule has 3 heterocycles. The number of aromatic nitrogens is 4. The Hall–Kier alpha value is -2.63. The molecule has 0 spiro atoms. The minimum absolute atomic E-state index is 0.0260. The van der Waals surface area contributed by atoms with E-state index in [0.717, 1.165) is 38.5 Å². The van der Waals surface area contributed by atoms with E-state index in [4.69, 9.17) is 15.2 Å². The first-order valence-corrected chi connectivity index (χ1v) is 14.4. The maximum absolute atomic E-state index is 13.6. The van der Waals surface area contributed by atoms with Crippen molar-refractivity contribution in [1.82, 2.24) is 19.5 Å². The van der Waals surface area contributed by atoms with Crippen molar-refractivity contribution in [2.24, 2.45) is 0 Å². The molecule has 39 heavy (non-hydrogen) atoms. The number of hydrogen-bond donors (Lipinski definition) is 3. The van der Waals surface area contributed by atoms with E-state index in [1.165, 1.54) is 55.8 Å². The number of anilines is 1. The molecule has 10 nitrogen and oxygen atoms in total. The van der Waals surface area contributed by atoms with Crippen molar-refractivity contribution >= 4 is 23.0 Å². The van der Waals surface area contributed by atoms with Crippen LogP contribution in [0.25, 0.3) is 11.2 Å². The molecule has 1 saturated heterocycles. The van der Waals surface area contributed by atoms with Gasteiger partial charge in [-0.05, 0) is 32.1 Å². The predicted molar refractivity (Wildman–Crippen MR) is 146 cm³/mol. The first kappa shape index (κ1) is 30.9. The second-order valence-electron chi connectivity index (χ2n) is 10.3. The van der Waals surface area contributed by atoms with Crippen molar-refractivity contribution in [2.75, 3.05) is 12.3 Å². The fourth-order valence-electron chi connectivity index (χ4n) is 4.78. The lowest BCUT2D eigenvalue weighted by Crippen LogP contribution is -2.34. The molecule has 4 atom stereocenters. The summed E-state index contributed by atoms with van der Waals surface area (Å²) in [7, 11) is 0. The maximum Gasteiger partial charge on any atom is 0.312 e. The van der Waals surface area contributed by atoms with Gasteiger partial charge in [-0.15, -0.1) is 0 Å². The number of fused-ring (bicyclic) bond motifs is 1. The Morgan fingerprint density at radius 3 is 2.36 bits per heavy atom. The van der Waals surface area contributed by atoms with Crippen LogP contribution < -0.4 is 5.73 Å².